The number of carbonyl (C=O) groups excluding carboxylic acids is 1. The summed E-state index contributed by atoms with van der Waals surface area (Å²) in [5.74, 6) is -0.471. The van der Waals surface area contributed by atoms with Gasteiger partial charge >= 0.3 is 5.97 Å². The van der Waals surface area contributed by atoms with Crippen molar-refractivity contribution in [2.75, 3.05) is 7.11 Å². The van der Waals surface area contributed by atoms with E-state index in [-0.39, 0.29) is 0 Å². The number of imidazole rings is 1. The van der Waals surface area contributed by atoms with E-state index in [4.69, 9.17) is 11.6 Å². The Balaban J connectivity index is 2.69. The molecule has 0 aliphatic carbocycles. The highest BCUT2D eigenvalue weighted by Crippen LogP contribution is 2.27. The molecule has 1 aromatic carbocycles. The molecule has 78 valence electrons. The average Bonchev–Trinajstić information content (AvgIpc) is 2.59. The normalized spacial score (nSPS) is 10.6. The van der Waals surface area contributed by atoms with Crippen LogP contribution in [0.5, 0.6) is 0 Å². The second kappa shape index (κ2) is 3.83. The Kier molecular flexibility index (Phi) is 2.67. The highest BCUT2D eigenvalue weighted by atomic mass is 79.9. The van der Waals surface area contributed by atoms with E-state index in [2.05, 4.69) is 30.6 Å². The molecule has 2 rings (SSSR count). The first kappa shape index (κ1) is 10.4. The zero-order valence-electron chi connectivity index (χ0n) is 7.67. The molecule has 1 heterocycles. The van der Waals surface area contributed by atoms with Gasteiger partial charge in [0.1, 0.15) is 5.52 Å². The Morgan fingerprint density at radius 3 is 3.00 bits per heavy atom. The van der Waals surface area contributed by atoms with Crippen molar-refractivity contribution >= 4 is 44.5 Å². The molecule has 0 bridgehead atoms. The number of hydrogen-bond acceptors (Lipinski definition) is 3. The molecule has 4 nitrogen and oxygen atoms in total. The number of carbonyl (C=O) groups is 1. The number of hydrogen-bond donors (Lipinski definition) is 1. The lowest BCUT2D eigenvalue weighted by Crippen LogP contribution is -2.01. The van der Waals surface area contributed by atoms with Crippen LogP contribution < -0.4 is 0 Å². The Morgan fingerprint density at radius 2 is 2.33 bits per heavy atom. The molecule has 0 fully saturated rings. The number of benzene rings is 1. The van der Waals surface area contributed by atoms with Crippen molar-refractivity contribution in [1.29, 1.82) is 0 Å². The monoisotopic (exact) mass is 288 g/mol. The van der Waals surface area contributed by atoms with E-state index in [1.165, 1.54) is 7.11 Å². The lowest BCUT2D eigenvalue weighted by atomic mass is 10.2. The molecule has 0 amide bonds. The minimum Gasteiger partial charge on any atom is -0.465 e. The third kappa shape index (κ3) is 1.72. The van der Waals surface area contributed by atoms with Gasteiger partial charge in [0.05, 0.1) is 23.2 Å². The standard InChI is InChI=1S/C9H6BrClN2O2/c1-15-8(14)4-2-3-5-7(6(4)11)13-9(10)12-5/h2-3H,1H3,(H,12,13). The highest BCUT2D eigenvalue weighted by Gasteiger charge is 2.15. The minimum atomic E-state index is -0.471. The third-order valence-electron chi connectivity index (χ3n) is 1.97. The van der Waals surface area contributed by atoms with E-state index in [0.29, 0.717) is 20.8 Å². The molecule has 0 aliphatic heterocycles. The molecule has 0 saturated heterocycles. The van der Waals surface area contributed by atoms with Crippen LogP contribution in [0.4, 0.5) is 0 Å². The van der Waals surface area contributed by atoms with Crippen molar-refractivity contribution in [2.24, 2.45) is 0 Å². The lowest BCUT2D eigenvalue weighted by molar-refractivity contribution is 0.0601. The molecule has 15 heavy (non-hydrogen) atoms. The molecule has 1 aromatic heterocycles. The van der Waals surface area contributed by atoms with Gasteiger partial charge in [-0.25, -0.2) is 9.78 Å². The van der Waals surface area contributed by atoms with Gasteiger partial charge in [-0.05, 0) is 28.1 Å². The number of H-pyrrole nitrogens is 1. The summed E-state index contributed by atoms with van der Waals surface area (Å²) in [5, 5.41) is 0.293. The van der Waals surface area contributed by atoms with Crippen LogP contribution in [-0.4, -0.2) is 23.0 Å². The Labute approximate surface area is 98.7 Å². The Bertz CT molecular complexity index is 538. The molecule has 0 atom stereocenters. The maximum absolute atomic E-state index is 11.3. The summed E-state index contributed by atoms with van der Waals surface area (Å²) in [6.07, 6.45) is 0. The number of fused-ring (bicyclic) bond motifs is 1. The predicted octanol–water partition coefficient (Wildman–Crippen LogP) is 2.77. The van der Waals surface area contributed by atoms with Gasteiger partial charge in [0.15, 0.2) is 4.73 Å². The first-order valence-corrected chi connectivity index (χ1v) is 5.22. The minimum absolute atomic E-state index is 0.293. The number of methoxy groups -OCH3 is 1. The number of nitrogens with one attached hydrogen (secondary N) is 1. The molecule has 6 heteroatoms. The van der Waals surface area contributed by atoms with Crippen LogP contribution in [0.1, 0.15) is 10.4 Å². The van der Waals surface area contributed by atoms with Crippen molar-refractivity contribution < 1.29 is 9.53 Å². The second-order valence-corrected chi connectivity index (χ2v) is 3.97. The van der Waals surface area contributed by atoms with Crippen molar-refractivity contribution in [2.45, 2.75) is 0 Å². The van der Waals surface area contributed by atoms with Gasteiger partial charge in [-0.2, -0.15) is 0 Å². The molecule has 0 spiro atoms. The number of nitrogens with zero attached hydrogens (tertiary/aromatic N) is 1. The maximum Gasteiger partial charge on any atom is 0.339 e. The summed E-state index contributed by atoms with van der Waals surface area (Å²) in [4.78, 5) is 18.4. The van der Waals surface area contributed by atoms with E-state index >= 15 is 0 Å². The van der Waals surface area contributed by atoms with Crippen molar-refractivity contribution in [1.82, 2.24) is 9.97 Å². The quantitative estimate of drug-likeness (QED) is 0.821. The lowest BCUT2D eigenvalue weighted by Gasteiger charge is -2.01. The molecule has 0 radical (unpaired) electrons. The summed E-state index contributed by atoms with van der Waals surface area (Å²) in [6.45, 7) is 0. The average molecular weight is 290 g/mol. The third-order valence-corrected chi connectivity index (χ3v) is 2.73. The van der Waals surface area contributed by atoms with Crippen molar-refractivity contribution in [3.8, 4) is 0 Å². The molecule has 0 aliphatic rings. The van der Waals surface area contributed by atoms with Gasteiger partial charge in [0.25, 0.3) is 0 Å². The van der Waals surface area contributed by atoms with Crippen LogP contribution in [0.2, 0.25) is 5.02 Å². The van der Waals surface area contributed by atoms with Gasteiger partial charge in [0.2, 0.25) is 0 Å². The number of halogens is 2. The largest absolute Gasteiger partial charge is 0.465 e. The molecule has 2 aromatic rings. The van der Waals surface area contributed by atoms with Crippen LogP contribution in [0, 0.1) is 0 Å². The fourth-order valence-corrected chi connectivity index (χ4v) is 1.95. The first-order valence-electron chi connectivity index (χ1n) is 4.05. The summed E-state index contributed by atoms with van der Waals surface area (Å²) >= 11 is 9.22. The zero-order valence-corrected chi connectivity index (χ0v) is 10.0. The maximum atomic E-state index is 11.3. The summed E-state index contributed by atoms with van der Waals surface area (Å²) in [7, 11) is 1.31. The smallest absolute Gasteiger partial charge is 0.339 e. The predicted molar refractivity (Wildman–Crippen MR) is 60.1 cm³/mol. The number of ether oxygens (including phenoxy) is 1. The van der Waals surface area contributed by atoms with Crippen LogP contribution in [-0.2, 0) is 4.74 Å². The summed E-state index contributed by atoms with van der Waals surface area (Å²) in [5.41, 5.74) is 1.62. The van der Waals surface area contributed by atoms with Crippen LogP contribution in [0.3, 0.4) is 0 Å². The highest BCUT2D eigenvalue weighted by molar-refractivity contribution is 9.10. The van der Waals surface area contributed by atoms with Crippen LogP contribution >= 0.6 is 27.5 Å². The summed E-state index contributed by atoms with van der Waals surface area (Å²) in [6, 6.07) is 3.33. The van der Waals surface area contributed by atoms with Crippen LogP contribution in [0.25, 0.3) is 11.0 Å². The van der Waals surface area contributed by atoms with Crippen molar-refractivity contribution in [3.05, 3.63) is 27.5 Å². The molecule has 0 unspecified atom stereocenters. The Morgan fingerprint density at radius 1 is 1.60 bits per heavy atom. The molecular weight excluding hydrogens is 283 g/mol. The van der Waals surface area contributed by atoms with Gasteiger partial charge in [-0.1, -0.05) is 11.6 Å². The number of esters is 1. The van der Waals surface area contributed by atoms with Crippen molar-refractivity contribution in [3.63, 3.8) is 0 Å². The number of aromatic nitrogens is 2. The van der Waals surface area contributed by atoms with Gasteiger partial charge in [0, 0.05) is 0 Å². The number of rotatable bonds is 1. The van der Waals surface area contributed by atoms with E-state index < -0.39 is 5.97 Å². The topological polar surface area (TPSA) is 55.0 Å². The van der Waals surface area contributed by atoms with E-state index in [0.717, 1.165) is 5.52 Å². The SMILES string of the molecule is COC(=O)c1ccc2[nH]c(Br)nc2c1Cl. The number of aromatic amines is 1. The first-order chi connectivity index (χ1) is 7.13. The zero-order chi connectivity index (χ0) is 11.0. The van der Waals surface area contributed by atoms with Gasteiger partial charge in [-0.3, -0.25) is 0 Å². The molecule has 1 N–H and O–H groups in total. The molecule has 0 saturated carbocycles. The molecular formula is C9H6BrClN2O2. The van der Waals surface area contributed by atoms with E-state index in [9.17, 15) is 4.79 Å². The summed E-state index contributed by atoms with van der Waals surface area (Å²) < 4.78 is 5.17. The fraction of sp³-hybridized carbons (Fsp3) is 0.111. The van der Waals surface area contributed by atoms with E-state index in [1.807, 2.05) is 0 Å². The van der Waals surface area contributed by atoms with E-state index in [1.54, 1.807) is 12.1 Å². The van der Waals surface area contributed by atoms with Gasteiger partial charge < -0.3 is 9.72 Å². The second-order valence-electron chi connectivity index (χ2n) is 2.84. The van der Waals surface area contributed by atoms with Gasteiger partial charge in [-0.15, -0.1) is 0 Å². The fourth-order valence-electron chi connectivity index (χ4n) is 1.28. The Hall–Kier alpha value is -1.07. The van der Waals surface area contributed by atoms with Crippen LogP contribution in [0.15, 0.2) is 16.9 Å².